The van der Waals surface area contributed by atoms with Gasteiger partial charge >= 0.3 is 0 Å². The molecule has 4 heteroatoms. The number of nitrogens with one attached hydrogen (secondary N) is 1. The van der Waals surface area contributed by atoms with Crippen molar-refractivity contribution >= 4 is 5.69 Å². The molecule has 20 heavy (non-hydrogen) atoms. The van der Waals surface area contributed by atoms with E-state index in [-0.39, 0.29) is 0 Å². The molecule has 1 N–H and O–H groups in total. The topological polar surface area (TPSA) is 41.0 Å². The zero-order chi connectivity index (χ0) is 13.6. The molecule has 0 amide bonds. The van der Waals surface area contributed by atoms with Crippen LogP contribution in [-0.4, -0.2) is 34.0 Å². The van der Waals surface area contributed by atoms with Gasteiger partial charge in [0.05, 0.1) is 18.1 Å². The van der Waals surface area contributed by atoms with Crippen LogP contribution >= 0.6 is 0 Å². The van der Waals surface area contributed by atoms with Gasteiger partial charge in [-0.15, -0.1) is 0 Å². The molecule has 1 aliphatic rings. The van der Waals surface area contributed by atoms with E-state index in [1.54, 1.807) is 6.33 Å². The molecule has 2 aromatic rings. The normalized spacial score (nSPS) is 19.7. The van der Waals surface area contributed by atoms with Gasteiger partial charge in [-0.3, -0.25) is 4.90 Å². The predicted octanol–water partition coefficient (Wildman–Crippen LogP) is 2.55. The summed E-state index contributed by atoms with van der Waals surface area (Å²) in [6, 6.07) is 11.2. The lowest BCUT2D eigenvalue weighted by molar-refractivity contribution is 0.208. The third-order valence-electron chi connectivity index (χ3n) is 3.69. The molecular weight excluding hydrogens is 248 g/mol. The fraction of sp³-hybridized carbons (Fsp3) is 0.375. The Balaban J connectivity index is 1.57. The van der Waals surface area contributed by atoms with E-state index in [0.717, 1.165) is 18.8 Å². The zero-order valence-corrected chi connectivity index (χ0v) is 11.6. The van der Waals surface area contributed by atoms with Crippen LogP contribution in [-0.2, 0) is 6.54 Å². The predicted molar refractivity (Wildman–Crippen MR) is 80.4 cm³/mol. The molecule has 1 aromatic carbocycles. The standard InChI is InChI=1S/C16H20N4/c1-2-5-14(6-3-1)11-20-8-4-7-15(12-20)19-16-9-17-13-18-10-16/h1-3,5-6,9-10,13,15,19H,4,7-8,11-12H2. The molecule has 4 nitrogen and oxygen atoms in total. The summed E-state index contributed by atoms with van der Waals surface area (Å²) in [4.78, 5) is 10.6. The first-order valence-corrected chi connectivity index (χ1v) is 7.18. The highest BCUT2D eigenvalue weighted by Crippen LogP contribution is 2.16. The van der Waals surface area contributed by atoms with E-state index < -0.39 is 0 Å². The van der Waals surface area contributed by atoms with Crippen molar-refractivity contribution in [2.75, 3.05) is 18.4 Å². The SMILES string of the molecule is c1ccc(CN2CCCC(Nc3cncnc3)C2)cc1. The van der Waals surface area contributed by atoms with E-state index in [2.05, 4.69) is 50.5 Å². The van der Waals surface area contributed by atoms with E-state index >= 15 is 0 Å². The molecule has 1 saturated heterocycles. The van der Waals surface area contributed by atoms with Crippen molar-refractivity contribution in [1.29, 1.82) is 0 Å². The van der Waals surface area contributed by atoms with Crippen LogP contribution in [0.3, 0.4) is 0 Å². The van der Waals surface area contributed by atoms with Crippen molar-refractivity contribution in [3.63, 3.8) is 0 Å². The lowest BCUT2D eigenvalue weighted by Crippen LogP contribution is -2.41. The van der Waals surface area contributed by atoms with Gasteiger partial charge in [-0.25, -0.2) is 9.97 Å². The van der Waals surface area contributed by atoms with Gasteiger partial charge < -0.3 is 5.32 Å². The average molecular weight is 268 g/mol. The number of likely N-dealkylation sites (tertiary alicyclic amines) is 1. The molecule has 1 atom stereocenters. The molecule has 1 aromatic heterocycles. The maximum absolute atomic E-state index is 4.05. The Labute approximate surface area is 119 Å². The Bertz CT molecular complexity index is 467. The fourth-order valence-corrected chi connectivity index (χ4v) is 2.77. The van der Waals surface area contributed by atoms with Crippen LogP contribution in [0.4, 0.5) is 5.69 Å². The molecule has 1 fully saturated rings. The third kappa shape index (κ3) is 3.54. The lowest BCUT2D eigenvalue weighted by atomic mass is 10.0. The van der Waals surface area contributed by atoms with E-state index in [0.29, 0.717) is 6.04 Å². The second-order valence-electron chi connectivity index (χ2n) is 5.33. The highest BCUT2D eigenvalue weighted by molar-refractivity contribution is 5.38. The number of aromatic nitrogens is 2. The Morgan fingerprint density at radius 1 is 1.15 bits per heavy atom. The molecular formula is C16H20N4. The highest BCUT2D eigenvalue weighted by Gasteiger charge is 2.19. The third-order valence-corrected chi connectivity index (χ3v) is 3.69. The van der Waals surface area contributed by atoms with Crippen molar-refractivity contribution in [3.05, 3.63) is 54.6 Å². The maximum Gasteiger partial charge on any atom is 0.115 e. The van der Waals surface area contributed by atoms with Crippen LogP contribution in [0.5, 0.6) is 0 Å². The van der Waals surface area contributed by atoms with Gasteiger partial charge in [0.1, 0.15) is 6.33 Å². The van der Waals surface area contributed by atoms with E-state index in [9.17, 15) is 0 Å². The minimum Gasteiger partial charge on any atom is -0.379 e. The van der Waals surface area contributed by atoms with Gasteiger partial charge in [0.15, 0.2) is 0 Å². The minimum atomic E-state index is 0.485. The van der Waals surface area contributed by atoms with E-state index in [1.165, 1.54) is 24.9 Å². The quantitative estimate of drug-likeness (QED) is 0.925. The van der Waals surface area contributed by atoms with Crippen LogP contribution < -0.4 is 5.32 Å². The van der Waals surface area contributed by atoms with Crippen LogP contribution in [0, 0.1) is 0 Å². The second-order valence-corrected chi connectivity index (χ2v) is 5.33. The molecule has 2 heterocycles. The Hall–Kier alpha value is -1.94. The first-order valence-electron chi connectivity index (χ1n) is 7.18. The first kappa shape index (κ1) is 13.1. The van der Waals surface area contributed by atoms with Crippen LogP contribution in [0.15, 0.2) is 49.1 Å². The number of piperidine rings is 1. The second kappa shape index (κ2) is 6.48. The number of hydrogen-bond donors (Lipinski definition) is 1. The summed E-state index contributed by atoms with van der Waals surface area (Å²) in [7, 11) is 0. The van der Waals surface area contributed by atoms with Gasteiger partial charge in [-0.2, -0.15) is 0 Å². The van der Waals surface area contributed by atoms with Gasteiger partial charge in [-0.1, -0.05) is 30.3 Å². The zero-order valence-electron chi connectivity index (χ0n) is 11.6. The van der Waals surface area contributed by atoms with Crippen LogP contribution in [0.2, 0.25) is 0 Å². The van der Waals surface area contributed by atoms with Gasteiger partial charge in [-0.05, 0) is 24.9 Å². The molecule has 1 aliphatic heterocycles. The number of nitrogens with zero attached hydrogens (tertiary/aromatic N) is 3. The molecule has 104 valence electrons. The van der Waals surface area contributed by atoms with E-state index in [4.69, 9.17) is 0 Å². The average Bonchev–Trinajstić information content (AvgIpc) is 2.50. The molecule has 0 saturated carbocycles. The summed E-state index contributed by atoms with van der Waals surface area (Å²) in [5, 5.41) is 3.53. The molecule has 1 unspecified atom stereocenters. The lowest BCUT2D eigenvalue weighted by Gasteiger charge is -2.33. The van der Waals surface area contributed by atoms with Crippen molar-refractivity contribution < 1.29 is 0 Å². The van der Waals surface area contributed by atoms with Gasteiger partial charge in [0.25, 0.3) is 0 Å². The summed E-state index contributed by atoms with van der Waals surface area (Å²) < 4.78 is 0. The summed E-state index contributed by atoms with van der Waals surface area (Å²) in [5.41, 5.74) is 2.40. The van der Waals surface area contributed by atoms with Crippen LogP contribution in [0.1, 0.15) is 18.4 Å². The number of hydrogen-bond acceptors (Lipinski definition) is 4. The number of rotatable bonds is 4. The highest BCUT2D eigenvalue weighted by atomic mass is 15.2. The van der Waals surface area contributed by atoms with Gasteiger partial charge in [0.2, 0.25) is 0 Å². The van der Waals surface area contributed by atoms with E-state index in [1.807, 2.05) is 12.4 Å². The van der Waals surface area contributed by atoms with Crippen molar-refractivity contribution in [2.24, 2.45) is 0 Å². The maximum atomic E-state index is 4.05. The minimum absolute atomic E-state index is 0.485. The monoisotopic (exact) mass is 268 g/mol. The molecule has 0 radical (unpaired) electrons. The van der Waals surface area contributed by atoms with Gasteiger partial charge in [0, 0.05) is 19.1 Å². The summed E-state index contributed by atoms with van der Waals surface area (Å²) in [6.45, 7) is 3.28. The summed E-state index contributed by atoms with van der Waals surface area (Å²) >= 11 is 0. The van der Waals surface area contributed by atoms with Crippen molar-refractivity contribution in [3.8, 4) is 0 Å². The number of benzene rings is 1. The molecule has 0 aliphatic carbocycles. The largest absolute Gasteiger partial charge is 0.379 e. The molecule has 3 rings (SSSR count). The number of anilines is 1. The first-order chi connectivity index (χ1) is 9.90. The molecule has 0 bridgehead atoms. The summed E-state index contributed by atoms with van der Waals surface area (Å²) in [5.74, 6) is 0. The molecule has 0 spiro atoms. The Kier molecular flexibility index (Phi) is 4.23. The smallest absolute Gasteiger partial charge is 0.115 e. The van der Waals surface area contributed by atoms with Crippen LogP contribution in [0.25, 0.3) is 0 Å². The van der Waals surface area contributed by atoms with Crippen molar-refractivity contribution in [1.82, 2.24) is 14.9 Å². The summed E-state index contributed by atoms with van der Waals surface area (Å²) in [6.07, 6.45) is 7.68. The Morgan fingerprint density at radius 3 is 2.75 bits per heavy atom. The fourth-order valence-electron chi connectivity index (χ4n) is 2.77. The van der Waals surface area contributed by atoms with Crippen molar-refractivity contribution in [2.45, 2.75) is 25.4 Å². The Morgan fingerprint density at radius 2 is 1.95 bits per heavy atom.